The SMILES string of the molecule is CNC(=O)NCC1CCN(Cc2cc(Oc3cnc(N4CCN(CCCS(N)(=O)=O)CC4)nc3)nc(-c3cc(Cl)cc(Cl)c3)c2)CC1. The molecule has 0 atom stereocenters. The lowest BCUT2D eigenvalue weighted by Crippen LogP contribution is -2.47. The van der Waals surface area contributed by atoms with Crippen LogP contribution in [0, 0.1) is 5.92 Å². The molecule has 0 saturated carbocycles. The lowest BCUT2D eigenvalue weighted by Gasteiger charge is -2.34. The largest absolute Gasteiger partial charge is 0.436 e. The van der Waals surface area contributed by atoms with Crippen molar-refractivity contribution in [1.29, 1.82) is 0 Å². The van der Waals surface area contributed by atoms with Crippen LogP contribution in [-0.2, 0) is 16.6 Å². The van der Waals surface area contributed by atoms with Gasteiger partial charge in [-0.25, -0.2) is 33.3 Å². The number of sulfonamides is 1. The van der Waals surface area contributed by atoms with Gasteiger partial charge in [-0.15, -0.1) is 0 Å². The van der Waals surface area contributed by atoms with Crippen molar-refractivity contribution in [1.82, 2.24) is 35.4 Å². The third-order valence-corrected chi connectivity index (χ3v) is 9.60. The van der Waals surface area contributed by atoms with Crippen molar-refractivity contribution in [2.24, 2.45) is 11.1 Å². The number of piperazine rings is 1. The summed E-state index contributed by atoms with van der Waals surface area (Å²) in [5.41, 5.74) is 2.50. The van der Waals surface area contributed by atoms with Gasteiger partial charge in [-0.05, 0) is 74.6 Å². The van der Waals surface area contributed by atoms with E-state index < -0.39 is 10.0 Å². The van der Waals surface area contributed by atoms with Gasteiger partial charge < -0.3 is 20.3 Å². The molecule has 0 radical (unpaired) electrons. The first kappa shape index (κ1) is 35.0. The van der Waals surface area contributed by atoms with Crippen molar-refractivity contribution < 1.29 is 17.9 Å². The number of nitrogens with zero attached hydrogens (tertiary/aromatic N) is 6. The predicted octanol–water partition coefficient (Wildman–Crippen LogP) is 3.58. The first-order valence-corrected chi connectivity index (χ1v) is 18.1. The lowest BCUT2D eigenvalue weighted by molar-refractivity contribution is 0.175. The van der Waals surface area contributed by atoms with Crippen LogP contribution in [0.1, 0.15) is 24.8 Å². The number of aromatic nitrogens is 3. The van der Waals surface area contributed by atoms with E-state index in [1.807, 2.05) is 24.3 Å². The Morgan fingerprint density at radius 1 is 0.979 bits per heavy atom. The summed E-state index contributed by atoms with van der Waals surface area (Å²) in [6.45, 7) is 6.90. The van der Waals surface area contributed by atoms with Gasteiger partial charge in [0.25, 0.3) is 0 Å². The first-order valence-electron chi connectivity index (χ1n) is 15.7. The van der Waals surface area contributed by atoms with Crippen LogP contribution >= 0.6 is 23.2 Å². The number of piperidine rings is 1. The van der Waals surface area contributed by atoms with E-state index in [9.17, 15) is 13.2 Å². The maximum atomic E-state index is 11.6. The number of benzene rings is 1. The third-order valence-electron chi connectivity index (χ3n) is 8.31. The molecule has 4 heterocycles. The molecule has 16 heteroatoms. The quantitative estimate of drug-likeness (QED) is 0.254. The number of primary sulfonamides is 1. The van der Waals surface area contributed by atoms with Gasteiger partial charge in [-0.2, -0.15) is 0 Å². The molecule has 2 aliphatic heterocycles. The number of hydrogen-bond donors (Lipinski definition) is 3. The highest BCUT2D eigenvalue weighted by atomic mass is 35.5. The molecular formula is C31H41Cl2N9O4S. The topological polar surface area (TPSA) is 159 Å². The minimum atomic E-state index is -3.44. The van der Waals surface area contributed by atoms with E-state index >= 15 is 0 Å². The monoisotopic (exact) mass is 705 g/mol. The Morgan fingerprint density at radius 3 is 2.30 bits per heavy atom. The molecule has 5 rings (SSSR count). The number of hydrogen-bond acceptors (Lipinski definition) is 10. The molecule has 0 spiro atoms. The molecule has 3 aromatic rings. The van der Waals surface area contributed by atoms with E-state index in [-0.39, 0.29) is 11.8 Å². The second-order valence-electron chi connectivity index (χ2n) is 11.9. The van der Waals surface area contributed by atoms with Gasteiger partial charge in [0.2, 0.25) is 21.9 Å². The average Bonchev–Trinajstić information content (AvgIpc) is 3.04. The number of amides is 2. The normalized spacial score (nSPS) is 16.6. The number of carbonyl (C=O) groups is 1. The number of likely N-dealkylation sites (tertiary alicyclic amines) is 1. The highest BCUT2D eigenvalue weighted by molar-refractivity contribution is 7.89. The van der Waals surface area contributed by atoms with E-state index in [1.54, 1.807) is 25.5 Å². The third kappa shape index (κ3) is 10.9. The predicted molar refractivity (Wildman–Crippen MR) is 184 cm³/mol. The molecule has 0 aliphatic carbocycles. The Balaban J connectivity index is 1.23. The molecule has 2 aliphatic rings. The van der Waals surface area contributed by atoms with Gasteiger partial charge in [0.1, 0.15) is 0 Å². The molecular weight excluding hydrogens is 665 g/mol. The second-order valence-corrected chi connectivity index (χ2v) is 14.5. The fraction of sp³-hybridized carbons (Fsp3) is 0.484. The van der Waals surface area contributed by atoms with Gasteiger partial charge in [0, 0.05) is 68.0 Å². The molecule has 47 heavy (non-hydrogen) atoms. The Hall–Kier alpha value is -3.27. The molecule has 2 aromatic heterocycles. The van der Waals surface area contributed by atoms with Crippen LogP contribution in [-0.4, -0.2) is 104 Å². The van der Waals surface area contributed by atoms with Crippen molar-refractivity contribution in [3.05, 3.63) is 58.3 Å². The highest BCUT2D eigenvalue weighted by Gasteiger charge is 2.22. The minimum absolute atomic E-state index is 0.0119. The molecule has 0 unspecified atom stereocenters. The molecule has 13 nitrogen and oxygen atoms in total. The number of anilines is 1. The summed E-state index contributed by atoms with van der Waals surface area (Å²) >= 11 is 12.7. The van der Waals surface area contributed by atoms with Gasteiger partial charge in [0.15, 0.2) is 5.75 Å². The zero-order chi connectivity index (χ0) is 33.4. The van der Waals surface area contributed by atoms with Gasteiger partial charge in [-0.1, -0.05) is 23.2 Å². The van der Waals surface area contributed by atoms with Crippen LogP contribution < -0.4 is 25.4 Å². The van der Waals surface area contributed by atoms with Crippen molar-refractivity contribution in [2.45, 2.75) is 25.8 Å². The number of nitrogens with one attached hydrogen (secondary N) is 2. The summed E-state index contributed by atoms with van der Waals surface area (Å²) in [6, 6.07) is 9.14. The summed E-state index contributed by atoms with van der Waals surface area (Å²) in [4.78, 5) is 32.1. The maximum absolute atomic E-state index is 11.6. The number of carbonyl (C=O) groups excluding carboxylic acids is 1. The van der Waals surface area contributed by atoms with Gasteiger partial charge >= 0.3 is 6.03 Å². The van der Waals surface area contributed by atoms with E-state index in [2.05, 4.69) is 35.3 Å². The van der Waals surface area contributed by atoms with Crippen LogP contribution in [0.5, 0.6) is 11.6 Å². The Kier molecular flexibility index (Phi) is 12.1. The van der Waals surface area contributed by atoms with Gasteiger partial charge in [0.05, 0.1) is 23.8 Å². The Bertz CT molecular complexity index is 1600. The summed E-state index contributed by atoms with van der Waals surface area (Å²) in [7, 11) is -1.82. The van der Waals surface area contributed by atoms with E-state index in [0.29, 0.717) is 65.3 Å². The molecule has 2 amide bonds. The van der Waals surface area contributed by atoms with E-state index in [1.165, 1.54) is 0 Å². The zero-order valence-corrected chi connectivity index (χ0v) is 28.7. The van der Waals surface area contributed by atoms with Crippen molar-refractivity contribution in [2.75, 3.05) is 70.1 Å². The maximum Gasteiger partial charge on any atom is 0.314 e. The Morgan fingerprint density at radius 2 is 1.66 bits per heavy atom. The molecule has 0 bridgehead atoms. The van der Waals surface area contributed by atoms with E-state index in [0.717, 1.165) is 63.2 Å². The van der Waals surface area contributed by atoms with Crippen molar-refractivity contribution >= 4 is 45.2 Å². The minimum Gasteiger partial charge on any atom is -0.436 e. The fourth-order valence-electron chi connectivity index (χ4n) is 5.79. The number of nitrogens with two attached hydrogens (primary N) is 1. The summed E-state index contributed by atoms with van der Waals surface area (Å²) < 4.78 is 28.6. The standard InChI is InChI=1S/C31H41Cl2N9O4S/c1-35-31(43)38-18-22-3-6-41(7-4-22)21-23-13-28(24-15-25(32)17-26(33)16-24)39-29(14-23)46-27-19-36-30(37-20-27)42-10-8-40(9-11-42)5-2-12-47(34,44)45/h13-17,19-20,22H,2-12,18,21H2,1H3,(H2,34,44,45)(H2,35,38,43). The number of pyridine rings is 1. The van der Waals surface area contributed by atoms with E-state index in [4.69, 9.17) is 38.1 Å². The number of urea groups is 1. The summed E-state index contributed by atoms with van der Waals surface area (Å²) in [5.74, 6) is 1.90. The highest BCUT2D eigenvalue weighted by Crippen LogP contribution is 2.31. The summed E-state index contributed by atoms with van der Waals surface area (Å²) in [5, 5.41) is 11.7. The van der Waals surface area contributed by atoms with Crippen molar-refractivity contribution in [3.63, 3.8) is 0 Å². The first-order chi connectivity index (χ1) is 22.5. The molecule has 1 aromatic carbocycles. The molecule has 2 saturated heterocycles. The van der Waals surface area contributed by atoms with Crippen LogP contribution in [0.3, 0.4) is 0 Å². The molecule has 4 N–H and O–H groups in total. The zero-order valence-electron chi connectivity index (χ0n) is 26.4. The molecule has 254 valence electrons. The number of rotatable bonds is 12. The fourth-order valence-corrected chi connectivity index (χ4v) is 6.85. The van der Waals surface area contributed by atoms with Crippen molar-refractivity contribution in [3.8, 4) is 22.9 Å². The number of ether oxygens (including phenoxy) is 1. The van der Waals surface area contributed by atoms with Crippen LogP contribution in [0.2, 0.25) is 10.0 Å². The van der Waals surface area contributed by atoms with Crippen LogP contribution in [0.15, 0.2) is 42.7 Å². The summed E-state index contributed by atoms with van der Waals surface area (Å²) in [6.07, 6.45) is 5.78. The number of halogens is 2. The van der Waals surface area contributed by atoms with Crippen LogP contribution in [0.25, 0.3) is 11.3 Å². The van der Waals surface area contributed by atoms with Gasteiger partial charge in [-0.3, -0.25) is 9.80 Å². The smallest absolute Gasteiger partial charge is 0.314 e. The lowest BCUT2D eigenvalue weighted by atomic mass is 9.96. The second kappa shape index (κ2) is 16.2. The average molecular weight is 707 g/mol. The Labute approximate surface area is 285 Å². The molecule has 2 fully saturated rings. The van der Waals surface area contributed by atoms with Crippen LogP contribution in [0.4, 0.5) is 10.7 Å².